The van der Waals surface area contributed by atoms with Gasteiger partial charge in [0.05, 0.1) is 6.61 Å². The van der Waals surface area contributed by atoms with Crippen molar-refractivity contribution in [3.8, 4) is 5.75 Å². The van der Waals surface area contributed by atoms with Crippen molar-refractivity contribution in [1.29, 1.82) is 0 Å². The van der Waals surface area contributed by atoms with E-state index in [0.717, 1.165) is 24.2 Å². The lowest BCUT2D eigenvalue weighted by Gasteiger charge is -2.27. The molecular formula is C17H21F3O2. The Kier molecular flexibility index (Phi) is 6.31. The number of hydrogen-bond acceptors (Lipinski definition) is 2. The minimum Gasteiger partial charge on any atom is -0.491 e. The fourth-order valence-corrected chi connectivity index (χ4v) is 2.91. The zero-order chi connectivity index (χ0) is 15.9. The average Bonchev–Trinajstić information content (AvgIpc) is 2.55. The van der Waals surface area contributed by atoms with Crippen molar-refractivity contribution in [2.75, 3.05) is 20.3 Å². The van der Waals surface area contributed by atoms with Gasteiger partial charge in [-0.3, -0.25) is 0 Å². The number of allylic oxidation sites excluding steroid dienone is 1. The molecule has 2 rings (SSSR count). The smallest absolute Gasteiger partial charge is 0.301 e. The van der Waals surface area contributed by atoms with Gasteiger partial charge in [-0.25, -0.2) is 4.39 Å². The lowest BCUT2D eigenvalue weighted by Crippen LogP contribution is -2.14. The third kappa shape index (κ3) is 4.50. The lowest BCUT2D eigenvalue weighted by atomic mass is 9.78. The average molecular weight is 314 g/mol. The largest absolute Gasteiger partial charge is 0.491 e. The van der Waals surface area contributed by atoms with E-state index in [2.05, 4.69) is 0 Å². The molecule has 1 aromatic carbocycles. The first kappa shape index (κ1) is 16.9. The zero-order valence-corrected chi connectivity index (χ0v) is 12.7. The van der Waals surface area contributed by atoms with E-state index in [1.807, 2.05) is 24.3 Å². The van der Waals surface area contributed by atoms with E-state index in [0.29, 0.717) is 32.0 Å². The van der Waals surface area contributed by atoms with Gasteiger partial charge in [-0.15, -0.1) is 0 Å². The van der Waals surface area contributed by atoms with Gasteiger partial charge in [0.2, 0.25) is 0 Å². The fraction of sp³-hybridized carbons (Fsp3) is 0.529. The third-order valence-electron chi connectivity index (χ3n) is 4.17. The normalized spacial score (nSPS) is 21.5. The molecule has 0 amide bonds. The van der Waals surface area contributed by atoms with Crippen LogP contribution in [0.5, 0.6) is 5.75 Å². The van der Waals surface area contributed by atoms with Crippen LogP contribution in [0, 0.1) is 5.92 Å². The van der Waals surface area contributed by atoms with E-state index in [1.54, 1.807) is 7.11 Å². The van der Waals surface area contributed by atoms with Gasteiger partial charge >= 0.3 is 6.08 Å². The summed E-state index contributed by atoms with van der Waals surface area (Å²) in [5.74, 6) is -0.749. The molecule has 0 N–H and O–H groups in total. The number of halogens is 3. The van der Waals surface area contributed by atoms with Crippen LogP contribution in [0.2, 0.25) is 0 Å². The molecular weight excluding hydrogens is 293 g/mol. The van der Waals surface area contributed by atoms with Gasteiger partial charge in [0.25, 0.3) is 0 Å². The molecule has 0 saturated heterocycles. The third-order valence-corrected chi connectivity index (χ3v) is 4.17. The van der Waals surface area contributed by atoms with E-state index < -0.39 is 17.8 Å². The Morgan fingerprint density at radius 1 is 1.00 bits per heavy atom. The van der Waals surface area contributed by atoms with Crippen LogP contribution in [0.3, 0.4) is 0 Å². The maximum absolute atomic E-state index is 13.2. The van der Waals surface area contributed by atoms with Gasteiger partial charge in [0.1, 0.15) is 12.4 Å². The monoisotopic (exact) mass is 314 g/mol. The molecule has 0 aliphatic heterocycles. The summed E-state index contributed by atoms with van der Waals surface area (Å²) in [7, 11) is 1.62. The Bertz CT molecular complexity index is 487. The van der Waals surface area contributed by atoms with Crippen molar-refractivity contribution in [2.24, 2.45) is 5.92 Å². The summed E-state index contributed by atoms with van der Waals surface area (Å²) in [5, 5.41) is 0. The second kappa shape index (κ2) is 8.22. The quantitative estimate of drug-likeness (QED) is 0.683. The number of hydrogen-bond donors (Lipinski definition) is 0. The van der Waals surface area contributed by atoms with Gasteiger partial charge in [0, 0.05) is 13.0 Å². The summed E-state index contributed by atoms with van der Waals surface area (Å²) >= 11 is 0. The van der Waals surface area contributed by atoms with Gasteiger partial charge in [0.15, 0.2) is 5.83 Å². The Hall–Kier alpha value is -1.49. The molecule has 0 atom stereocenters. The summed E-state index contributed by atoms with van der Waals surface area (Å²) in [6, 6.07) is 7.79. The highest BCUT2D eigenvalue weighted by Gasteiger charge is 2.27. The van der Waals surface area contributed by atoms with Crippen LogP contribution in [0.25, 0.3) is 0 Å². The molecule has 5 heteroatoms. The predicted molar refractivity (Wildman–Crippen MR) is 78.9 cm³/mol. The number of ether oxygens (including phenoxy) is 2. The predicted octanol–water partition coefficient (Wildman–Crippen LogP) is 5.06. The van der Waals surface area contributed by atoms with Gasteiger partial charge < -0.3 is 9.47 Å². The van der Waals surface area contributed by atoms with Crippen LogP contribution >= 0.6 is 0 Å². The topological polar surface area (TPSA) is 18.5 Å². The van der Waals surface area contributed by atoms with Crippen molar-refractivity contribution in [1.82, 2.24) is 0 Å². The maximum atomic E-state index is 13.2. The number of benzene rings is 1. The molecule has 1 aliphatic rings. The highest BCUT2D eigenvalue weighted by molar-refractivity contribution is 5.29. The molecule has 122 valence electrons. The second-order valence-electron chi connectivity index (χ2n) is 5.57. The molecule has 0 radical (unpaired) electrons. The molecule has 1 fully saturated rings. The Morgan fingerprint density at radius 3 is 2.18 bits per heavy atom. The SMILES string of the molecule is COCCOc1ccc(C2CCC(C(F)=C(F)F)CC2)cc1. The minimum absolute atomic E-state index is 0.305. The molecule has 0 heterocycles. The van der Waals surface area contributed by atoms with Crippen molar-refractivity contribution < 1.29 is 22.6 Å². The van der Waals surface area contributed by atoms with Crippen LogP contribution in [0.4, 0.5) is 13.2 Å². The Labute approximate surface area is 128 Å². The summed E-state index contributed by atoms with van der Waals surface area (Å²) in [4.78, 5) is 0. The molecule has 0 aromatic heterocycles. The van der Waals surface area contributed by atoms with Gasteiger partial charge in [-0.2, -0.15) is 8.78 Å². The van der Waals surface area contributed by atoms with Crippen molar-refractivity contribution in [3.63, 3.8) is 0 Å². The van der Waals surface area contributed by atoms with Crippen LogP contribution in [-0.4, -0.2) is 20.3 Å². The molecule has 22 heavy (non-hydrogen) atoms. The first-order valence-corrected chi connectivity index (χ1v) is 7.54. The van der Waals surface area contributed by atoms with E-state index in [-0.39, 0.29) is 0 Å². The van der Waals surface area contributed by atoms with Gasteiger partial charge in [-0.1, -0.05) is 12.1 Å². The van der Waals surface area contributed by atoms with Crippen molar-refractivity contribution >= 4 is 0 Å². The number of methoxy groups -OCH3 is 1. The maximum Gasteiger partial charge on any atom is 0.301 e. The molecule has 0 spiro atoms. The lowest BCUT2D eigenvalue weighted by molar-refractivity contribution is 0.146. The van der Waals surface area contributed by atoms with E-state index in [4.69, 9.17) is 9.47 Å². The first-order chi connectivity index (χ1) is 10.6. The summed E-state index contributed by atoms with van der Waals surface area (Å²) in [6.45, 7) is 1.04. The molecule has 0 unspecified atom stereocenters. The summed E-state index contributed by atoms with van der Waals surface area (Å²) in [5.41, 5.74) is 1.16. The zero-order valence-electron chi connectivity index (χ0n) is 12.7. The van der Waals surface area contributed by atoms with Crippen molar-refractivity contribution in [2.45, 2.75) is 31.6 Å². The Balaban J connectivity index is 1.87. The standard InChI is InChI=1S/C17H21F3O2/c1-21-10-11-22-15-8-6-13(7-9-15)12-2-4-14(5-3-12)16(18)17(19)20/h6-9,12,14H,2-5,10-11H2,1H3. The highest BCUT2D eigenvalue weighted by Crippen LogP contribution is 2.40. The molecule has 1 saturated carbocycles. The molecule has 1 aromatic rings. The van der Waals surface area contributed by atoms with Crippen LogP contribution in [-0.2, 0) is 4.74 Å². The van der Waals surface area contributed by atoms with Crippen molar-refractivity contribution in [3.05, 3.63) is 41.7 Å². The van der Waals surface area contributed by atoms with E-state index in [9.17, 15) is 13.2 Å². The second-order valence-corrected chi connectivity index (χ2v) is 5.57. The number of rotatable bonds is 6. The summed E-state index contributed by atoms with van der Waals surface area (Å²) in [6.07, 6.45) is 0.241. The van der Waals surface area contributed by atoms with Crippen LogP contribution in [0.15, 0.2) is 36.2 Å². The van der Waals surface area contributed by atoms with Crippen LogP contribution < -0.4 is 4.74 Å². The molecule has 0 bridgehead atoms. The molecule has 2 nitrogen and oxygen atoms in total. The summed E-state index contributed by atoms with van der Waals surface area (Å²) < 4.78 is 48.2. The highest BCUT2D eigenvalue weighted by atomic mass is 19.3. The van der Waals surface area contributed by atoms with Crippen LogP contribution in [0.1, 0.15) is 37.2 Å². The first-order valence-electron chi connectivity index (χ1n) is 7.54. The fourth-order valence-electron chi connectivity index (χ4n) is 2.91. The van der Waals surface area contributed by atoms with Gasteiger partial charge in [-0.05, 0) is 49.3 Å². The minimum atomic E-state index is -2.17. The van der Waals surface area contributed by atoms with E-state index in [1.165, 1.54) is 0 Å². The molecule has 1 aliphatic carbocycles. The van der Waals surface area contributed by atoms with E-state index >= 15 is 0 Å². The Morgan fingerprint density at radius 2 is 1.64 bits per heavy atom.